The van der Waals surface area contributed by atoms with Gasteiger partial charge in [0.15, 0.2) is 0 Å². The summed E-state index contributed by atoms with van der Waals surface area (Å²) in [5.74, 6) is 0.00241. The second-order valence-electron chi connectivity index (χ2n) is 4.98. The van der Waals surface area contributed by atoms with Gasteiger partial charge in [0.1, 0.15) is 6.04 Å². The Morgan fingerprint density at radius 1 is 1.05 bits per heavy atom. The first kappa shape index (κ1) is 14.6. The summed E-state index contributed by atoms with van der Waals surface area (Å²) in [6, 6.07) is 13.6. The maximum atomic E-state index is 12.4. The molecule has 2 aromatic rings. The fraction of sp³-hybridized carbons (Fsp3) is 0.188. The molecule has 1 aliphatic rings. The third-order valence-electron chi connectivity index (χ3n) is 3.58. The molecule has 0 aromatic heterocycles. The Labute approximate surface area is 140 Å². The molecule has 0 fully saturated rings. The van der Waals surface area contributed by atoms with Crippen LogP contribution >= 0.6 is 31.9 Å². The number of anilines is 2. The molecule has 1 aliphatic heterocycles. The van der Waals surface area contributed by atoms with Crippen LogP contribution in [0.15, 0.2) is 51.4 Å². The van der Waals surface area contributed by atoms with Gasteiger partial charge < -0.3 is 10.6 Å². The highest BCUT2D eigenvalue weighted by atomic mass is 79.9. The Morgan fingerprint density at radius 2 is 1.76 bits per heavy atom. The minimum absolute atomic E-state index is 0.00241. The van der Waals surface area contributed by atoms with Gasteiger partial charge in [0.05, 0.1) is 5.69 Å². The maximum absolute atomic E-state index is 12.4. The minimum atomic E-state index is -0.257. The average molecular weight is 410 g/mol. The molecule has 1 unspecified atom stereocenters. The van der Waals surface area contributed by atoms with Crippen molar-refractivity contribution in [1.29, 1.82) is 0 Å². The number of benzene rings is 2. The summed E-state index contributed by atoms with van der Waals surface area (Å²) in [6.45, 7) is 0. The lowest BCUT2D eigenvalue weighted by atomic mass is 10.1. The molecule has 1 atom stereocenters. The molecule has 1 amide bonds. The molecule has 108 valence electrons. The molecule has 0 radical (unpaired) electrons. The van der Waals surface area contributed by atoms with Gasteiger partial charge in [0.2, 0.25) is 5.91 Å². The van der Waals surface area contributed by atoms with E-state index in [1.807, 2.05) is 36.4 Å². The summed E-state index contributed by atoms with van der Waals surface area (Å²) in [5.41, 5.74) is 3.00. The van der Waals surface area contributed by atoms with Crippen LogP contribution < -0.4 is 10.6 Å². The van der Waals surface area contributed by atoms with Gasteiger partial charge in [-0.05, 0) is 68.5 Å². The minimum Gasteiger partial charge on any atom is -0.372 e. The van der Waals surface area contributed by atoms with Crippen LogP contribution in [0.4, 0.5) is 11.4 Å². The van der Waals surface area contributed by atoms with Crippen LogP contribution in [0.5, 0.6) is 0 Å². The first-order chi connectivity index (χ1) is 10.1. The van der Waals surface area contributed by atoms with Gasteiger partial charge in [-0.2, -0.15) is 0 Å². The van der Waals surface area contributed by atoms with Crippen molar-refractivity contribution in [3.8, 4) is 0 Å². The molecule has 5 heteroatoms. The monoisotopic (exact) mass is 408 g/mol. The molecule has 21 heavy (non-hydrogen) atoms. The number of carbonyl (C=O) groups is 1. The number of hydrogen-bond donors (Lipinski definition) is 2. The van der Waals surface area contributed by atoms with Crippen LogP contribution in [0.1, 0.15) is 12.0 Å². The summed E-state index contributed by atoms with van der Waals surface area (Å²) in [7, 11) is 0. The number of amides is 1. The van der Waals surface area contributed by atoms with E-state index >= 15 is 0 Å². The Kier molecular flexibility index (Phi) is 4.31. The second-order valence-corrected chi connectivity index (χ2v) is 6.69. The van der Waals surface area contributed by atoms with E-state index in [-0.39, 0.29) is 11.9 Å². The zero-order valence-corrected chi connectivity index (χ0v) is 14.4. The second kappa shape index (κ2) is 6.20. The number of aryl methyl sites for hydroxylation is 1. The summed E-state index contributed by atoms with van der Waals surface area (Å²) in [5, 5.41) is 6.34. The molecule has 2 aromatic carbocycles. The predicted molar refractivity (Wildman–Crippen MR) is 92.6 cm³/mol. The zero-order chi connectivity index (χ0) is 14.8. The standard InChI is InChI=1S/C16H14Br2N2O/c17-11-5-3-6-12(18)15(11)19-14-9-8-10-4-1-2-7-13(10)20-16(14)21/h1-7,14,19H,8-9H2,(H,20,21). The lowest BCUT2D eigenvalue weighted by Gasteiger charge is -2.18. The highest BCUT2D eigenvalue weighted by Crippen LogP contribution is 2.32. The van der Waals surface area contributed by atoms with E-state index in [1.54, 1.807) is 0 Å². The Bertz CT molecular complexity index is 667. The van der Waals surface area contributed by atoms with Gasteiger partial charge in [-0.3, -0.25) is 4.79 Å². The van der Waals surface area contributed by atoms with Gasteiger partial charge in [0, 0.05) is 14.6 Å². The molecule has 2 N–H and O–H groups in total. The van der Waals surface area contributed by atoms with Crippen LogP contribution in [0.3, 0.4) is 0 Å². The van der Waals surface area contributed by atoms with E-state index in [0.29, 0.717) is 0 Å². The summed E-state index contributed by atoms with van der Waals surface area (Å²) in [6.07, 6.45) is 1.63. The van der Waals surface area contributed by atoms with E-state index in [1.165, 1.54) is 5.56 Å². The molecule has 0 spiro atoms. The van der Waals surface area contributed by atoms with E-state index in [9.17, 15) is 4.79 Å². The first-order valence-electron chi connectivity index (χ1n) is 6.74. The summed E-state index contributed by atoms with van der Waals surface area (Å²) >= 11 is 7.03. The molecular formula is C16H14Br2N2O. The highest BCUT2D eigenvalue weighted by molar-refractivity contribution is 9.11. The van der Waals surface area contributed by atoms with E-state index in [4.69, 9.17) is 0 Å². The number of fused-ring (bicyclic) bond motifs is 1. The van der Waals surface area contributed by atoms with Gasteiger partial charge in [-0.25, -0.2) is 0 Å². The number of halogens is 2. The lowest BCUT2D eigenvalue weighted by molar-refractivity contribution is -0.116. The summed E-state index contributed by atoms with van der Waals surface area (Å²) < 4.78 is 1.87. The van der Waals surface area contributed by atoms with Crippen molar-refractivity contribution in [2.75, 3.05) is 10.6 Å². The van der Waals surface area contributed by atoms with Gasteiger partial charge in [0.25, 0.3) is 0 Å². The number of carbonyl (C=O) groups excluding carboxylic acids is 1. The quantitative estimate of drug-likeness (QED) is 0.762. The van der Waals surface area contributed by atoms with Crippen molar-refractivity contribution in [1.82, 2.24) is 0 Å². The molecule has 0 saturated carbocycles. The average Bonchev–Trinajstić information content (AvgIpc) is 2.62. The largest absolute Gasteiger partial charge is 0.372 e. The highest BCUT2D eigenvalue weighted by Gasteiger charge is 2.24. The number of rotatable bonds is 2. The van der Waals surface area contributed by atoms with E-state index in [0.717, 1.165) is 33.2 Å². The van der Waals surface area contributed by atoms with Crippen LogP contribution in [0, 0.1) is 0 Å². The molecule has 0 saturated heterocycles. The van der Waals surface area contributed by atoms with Crippen molar-refractivity contribution < 1.29 is 4.79 Å². The first-order valence-corrected chi connectivity index (χ1v) is 8.33. The van der Waals surface area contributed by atoms with Crippen molar-refractivity contribution >= 4 is 49.1 Å². The number of nitrogens with one attached hydrogen (secondary N) is 2. The van der Waals surface area contributed by atoms with Gasteiger partial charge in [-0.15, -0.1) is 0 Å². The van der Waals surface area contributed by atoms with E-state index < -0.39 is 0 Å². The SMILES string of the molecule is O=C1Nc2ccccc2CCC1Nc1c(Br)cccc1Br. The van der Waals surface area contributed by atoms with Crippen LogP contribution in [0.2, 0.25) is 0 Å². The smallest absolute Gasteiger partial charge is 0.246 e. The van der Waals surface area contributed by atoms with Crippen LogP contribution in [0.25, 0.3) is 0 Å². The molecule has 0 bridgehead atoms. The predicted octanol–water partition coefficient (Wildman–Crippen LogP) is 4.58. The summed E-state index contributed by atoms with van der Waals surface area (Å²) in [4.78, 5) is 12.4. The van der Waals surface area contributed by atoms with E-state index in [2.05, 4.69) is 48.6 Å². The Morgan fingerprint density at radius 3 is 2.52 bits per heavy atom. The van der Waals surface area contributed by atoms with Crippen molar-refractivity contribution in [3.05, 3.63) is 57.0 Å². The van der Waals surface area contributed by atoms with Gasteiger partial charge in [-0.1, -0.05) is 24.3 Å². The Hall–Kier alpha value is -1.33. The third-order valence-corrected chi connectivity index (χ3v) is 4.90. The molecular weight excluding hydrogens is 396 g/mol. The normalized spacial score (nSPS) is 17.6. The van der Waals surface area contributed by atoms with Crippen molar-refractivity contribution in [2.24, 2.45) is 0 Å². The number of hydrogen-bond acceptors (Lipinski definition) is 2. The third kappa shape index (κ3) is 3.14. The fourth-order valence-electron chi connectivity index (χ4n) is 2.46. The molecule has 0 aliphatic carbocycles. The fourth-order valence-corrected chi connectivity index (χ4v) is 3.69. The van der Waals surface area contributed by atoms with Crippen molar-refractivity contribution in [2.45, 2.75) is 18.9 Å². The molecule has 3 nitrogen and oxygen atoms in total. The number of para-hydroxylation sites is 2. The zero-order valence-electron chi connectivity index (χ0n) is 11.2. The topological polar surface area (TPSA) is 41.1 Å². The maximum Gasteiger partial charge on any atom is 0.246 e. The molecule has 1 heterocycles. The molecule has 3 rings (SSSR count). The Balaban J connectivity index is 1.83. The van der Waals surface area contributed by atoms with Crippen LogP contribution in [-0.4, -0.2) is 11.9 Å². The van der Waals surface area contributed by atoms with Crippen molar-refractivity contribution in [3.63, 3.8) is 0 Å². The lowest BCUT2D eigenvalue weighted by Crippen LogP contribution is -2.33. The van der Waals surface area contributed by atoms with Gasteiger partial charge >= 0.3 is 0 Å². The van der Waals surface area contributed by atoms with Crippen LogP contribution in [-0.2, 0) is 11.2 Å².